The van der Waals surface area contributed by atoms with Gasteiger partial charge in [-0.15, -0.1) is 11.3 Å². The van der Waals surface area contributed by atoms with Crippen molar-refractivity contribution in [3.8, 4) is 11.5 Å². The van der Waals surface area contributed by atoms with Crippen molar-refractivity contribution in [2.45, 2.75) is 45.7 Å². The molecule has 0 saturated carbocycles. The molecule has 0 aliphatic carbocycles. The number of fused-ring (bicyclic) bond motifs is 1. The molecular formula is C29H33ClN2O4S. The van der Waals surface area contributed by atoms with E-state index in [2.05, 4.69) is 11.4 Å². The van der Waals surface area contributed by atoms with Gasteiger partial charge in [0, 0.05) is 27.5 Å². The highest BCUT2D eigenvalue weighted by atomic mass is 35.5. The maximum absolute atomic E-state index is 13.8. The third kappa shape index (κ3) is 6.11. The van der Waals surface area contributed by atoms with Crippen molar-refractivity contribution >= 4 is 34.8 Å². The maximum Gasteiger partial charge on any atom is 0.254 e. The molecule has 2 amide bonds. The van der Waals surface area contributed by atoms with E-state index in [0.29, 0.717) is 35.2 Å². The quantitative estimate of drug-likeness (QED) is 0.360. The molecule has 2 aromatic carbocycles. The van der Waals surface area contributed by atoms with Gasteiger partial charge in [0.1, 0.15) is 24.7 Å². The molecule has 1 aliphatic rings. The number of hydrogen-bond donors (Lipinski definition) is 0. The Morgan fingerprint density at radius 1 is 1.14 bits per heavy atom. The number of ether oxygens (including phenoxy) is 2. The van der Waals surface area contributed by atoms with Crippen LogP contribution in [-0.2, 0) is 11.2 Å². The van der Waals surface area contributed by atoms with Crippen LogP contribution in [0.3, 0.4) is 0 Å². The summed E-state index contributed by atoms with van der Waals surface area (Å²) in [4.78, 5) is 32.1. The van der Waals surface area contributed by atoms with Gasteiger partial charge in [-0.05, 0) is 93.1 Å². The van der Waals surface area contributed by atoms with Crippen LogP contribution in [-0.4, -0.2) is 54.0 Å². The van der Waals surface area contributed by atoms with Crippen LogP contribution in [0.4, 0.5) is 0 Å². The van der Waals surface area contributed by atoms with E-state index in [-0.39, 0.29) is 24.4 Å². The highest BCUT2D eigenvalue weighted by molar-refractivity contribution is 7.10. The number of hydrogen-bond acceptors (Lipinski definition) is 5. The molecule has 0 fully saturated rings. The first kappa shape index (κ1) is 27.0. The molecule has 37 heavy (non-hydrogen) atoms. The zero-order valence-corrected chi connectivity index (χ0v) is 23.5. The summed E-state index contributed by atoms with van der Waals surface area (Å²) in [6.45, 7) is 8.61. The fourth-order valence-corrected chi connectivity index (χ4v) is 5.55. The number of halogens is 1. The normalized spacial score (nSPS) is 15.2. The van der Waals surface area contributed by atoms with E-state index >= 15 is 0 Å². The third-order valence-electron chi connectivity index (χ3n) is 6.62. The molecule has 0 N–H and O–H groups in total. The minimum Gasteiger partial charge on any atom is -0.497 e. The number of nitrogens with zero attached hydrogens (tertiary/aromatic N) is 2. The van der Waals surface area contributed by atoms with Gasteiger partial charge in [-0.3, -0.25) is 9.59 Å². The molecular weight excluding hydrogens is 508 g/mol. The molecule has 196 valence electrons. The van der Waals surface area contributed by atoms with Crippen LogP contribution in [0.1, 0.15) is 53.2 Å². The van der Waals surface area contributed by atoms with E-state index in [1.54, 1.807) is 47.6 Å². The fourth-order valence-electron chi connectivity index (χ4n) is 4.51. The second-order valence-corrected chi connectivity index (χ2v) is 11.6. The molecule has 2 heterocycles. The molecule has 6 nitrogen and oxygen atoms in total. The molecule has 1 aliphatic heterocycles. The number of benzene rings is 2. The smallest absolute Gasteiger partial charge is 0.254 e. The Bertz CT molecular complexity index is 1280. The Kier molecular flexibility index (Phi) is 8.14. The molecule has 4 rings (SSSR count). The van der Waals surface area contributed by atoms with Crippen LogP contribution in [0.15, 0.2) is 53.9 Å². The topological polar surface area (TPSA) is 59.1 Å². The monoisotopic (exact) mass is 540 g/mol. The van der Waals surface area contributed by atoms with Crippen molar-refractivity contribution < 1.29 is 19.1 Å². The zero-order chi connectivity index (χ0) is 26.7. The molecule has 0 saturated heterocycles. The minimum absolute atomic E-state index is 0.0322. The highest BCUT2D eigenvalue weighted by Crippen LogP contribution is 2.35. The van der Waals surface area contributed by atoms with E-state index in [1.807, 2.05) is 50.8 Å². The second-order valence-electron chi connectivity index (χ2n) is 10.2. The van der Waals surface area contributed by atoms with E-state index in [4.69, 9.17) is 21.1 Å². The van der Waals surface area contributed by atoms with Gasteiger partial charge in [0.15, 0.2) is 0 Å². The number of rotatable bonds is 7. The largest absolute Gasteiger partial charge is 0.497 e. The molecule has 1 atom stereocenters. The minimum atomic E-state index is -0.564. The Hall–Kier alpha value is -3.03. The van der Waals surface area contributed by atoms with Gasteiger partial charge in [-0.1, -0.05) is 17.7 Å². The van der Waals surface area contributed by atoms with E-state index in [9.17, 15) is 9.59 Å². The molecule has 8 heteroatoms. The Balaban J connectivity index is 1.57. The van der Waals surface area contributed by atoms with Crippen molar-refractivity contribution in [2.24, 2.45) is 0 Å². The Morgan fingerprint density at radius 3 is 2.62 bits per heavy atom. The molecule has 0 spiro atoms. The molecule has 0 unspecified atom stereocenters. The number of methoxy groups -OCH3 is 1. The van der Waals surface area contributed by atoms with Crippen LogP contribution < -0.4 is 9.47 Å². The number of carbonyl (C=O) groups is 2. The van der Waals surface area contributed by atoms with Crippen LogP contribution >= 0.6 is 22.9 Å². The standard InChI is InChI=1S/C29H33ClN2O4S/c1-19-15-22(9-10-24(19)30)36-18-25-23-12-14-37-26(23)11-13-31(25)27(33)17-32(29(2,3)4)28(34)20-7-6-8-21(16-20)35-5/h6-10,12,14-16,25H,11,13,17-18H2,1-5H3/t25-/m1/s1. The van der Waals surface area contributed by atoms with Gasteiger partial charge >= 0.3 is 0 Å². The first-order valence-corrected chi connectivity index (χ1v) is 13.5. The highest BCUT2D eigenvalue weighted by Gasteiger charge is 2.36. The average molecular weight is 541 g/mol. The fraction of sp³-hybridized carbons (Fsp3) is 0.379. The maximum atomic E-state index is 13.8. The van der Waals surface area contributed by atoms with Crippen molar-refractivity contribution in [2.75, 3.05) is 26.8 Å². The lowest BCUT2D eigenvalue weighted by Crippen LogP contribution is -2.53. The predicted molar refractivity (Wildman–Crippen MR) is 148 cm³/mol. The van der Waals surface area contributed by atoms with Gasteiger partial charge in [-0.25, -0.2) is 0 Å². The van der Waals surface area contributed by atoms with E-state index in [1.165, 1.54) is 4.88 Å². The van der Waals surface area contributed by atoms with Gasteiger partial charge < -0.3 is 19.3 Å². The zero-order valence-electron chi connectivity index (χ0n) is 21.9. The molecule has 3 aromatic rings. The summed E-state index contributed by atoms with van der Waals surface area (Å²) < 4.78 is 11.5. The first-order chi connectivity index (χ1) is 17.6. The third-order valence-corrected chi connectivity index (χ3v) is 8.04. The first-order valence-electron chi connectivity index (χ1n) is 12.3. The van der Waals surface area contributed by atoms with E-state index in [0.717, 1.165) is 17.5 Å². The Labute approximate surface area is 227 Å². The van der Waals surface area contributed by atoms with Crippen molar-refractivity contribution in [3.05, 3.63) is 80.5 Å². The lowest BCUT2D eigenvalue weighted by atomic mass is 9.99. The molecule has 0 bridgehead atoms. The van der Waals surface area contributed by atoms with Gasteiger partial charge in [0.25, 0.3) is 5.91 Å². The van der Waals surface area contributed by atoms with Crippen LogP contribution in [0.25, 0.3) is 0 Å². The molecule has 1 aromatic heterocycles. The van der Waals surface area contributed by atoms with Crippen LogP contribution in [0, 0.1) is 6.92 Å². The predicted octanol–water partition coefficient (Wildman–Crippen LogP) is 6.16. The summed E-state index contributed by atoms with van der Waals surface area (Å²) in [5, 5.41) is 2.75. The van der Waals surface area contributed by atoms with Crippen LogP contribution in [0.5, 0.6) is 11.5 Å². The number of amides is 2. The summed E-state index contributed by atoms with van der Waals surface area (Å²) in [5.41, 5.74) is 1.96. The van der Waals surface area contributed by atoms with Gasteiger partial charge in [-0.2, -0.15) is 0 Å². The number of thiophene rings is 1. The van der Waals surface area contributed by atoms with Crippen molar-refractivity contribution in [1.29, 1.82) is 0 Å². The van der Waals surface area contributed by atoms with Crippen molar-refractivity contribution in [3.63, 3.8) is 0 Å². The summed E-state index contributed by atoms with van der Waals surface area (Å²) in [5.74, 6) is 0.990. The summed E-state index contributed by atoms with van der Waals surface area (Å²) in [6.07, 6.45) is 0.786. The van der Waals surface area contributed by atoms with Gasteiger partial charge in [0.05, 0.1) is 13.2 Å². The average Bonchev–Trinajstić information content (AvgIpc) is 3.36. The van der Waals surface area contributed by atoms with E-state index < -0.39 is 5.54 Å². The number of carbonyl (C=O) groups excluding carboxylic acids is 2. The summed E-state index contributed by atoms with van der Waals surface area (Å²) in [7, 11) is 1.57. The van der Waals surface area contributed by atoms with Gasteiger partial charge in [0.2, 0.25) is 5.91 Å². The lowest BCUT2D eigenvalue weighted by molar-refractivity contribution is -0.136. The number of aryl methyl sites for hydroxylation is 1. The SMILES string of the molecule is COc1cccc(C(=O)N(CC(=O)N2CCc3sccc3[C@H]2COc2ccc(Cl)c(C)c2)C(C)(C)C)c1. The summed E-state index contributed by atoms with van der Waals surface area (Å²) >= 11 is 7.88. The Morgan fingerprint density at radius 2 is 1.92 bits per heavy atom. The van der Waals surface area contributed by atoms with Crippen LogP contribution in [0.2, 0.25) is 5.02 Å². The second kappa shape index (κ2) is 11.2. The lowest BCUT2D eigenvalue weighted by Gasteiger charge is -2.40. The molecule has 0 radical (unpaired) electrons. The summed E-state index contributed by atoms with van der Waals surface area (Å²) in [6, 6.07) is 14.4. The van der Waals surface area contributed by atoms with Crippen molar-refractivity contribution in [1.82, 2.24) is 9.80 Å².